The number of aromatic nitrogens is 2. The summed E-state index contributed by atoms with van der Waals surface area (Å²) in [4.78, 5) is 7.51. The van der Waals surface area contributed by atoms with Crippen molar-refractivity contribution in [2.24, 2.45) is 5.92 Å². The first-order valence-electron chi connectivity index (χ1n) is 11.1. The van der Waals surface area contributed by atoms with Crippen molar-refractivity contribution >= 4 is 11.0 Å². The number of hydrogen-bond donors (Lipinski definition) is 1. The van der Waals surface area contributed by atoms with E-state index in [-0.39, 0.29) is 0 Å². The Bertz CT molecular complexity index is 938. The first-order valence-corrected chi connectivity index (χ1v) is 11.1. The molecule has 4 heteroatoms. The smallest absolute Gasteiger partial charge is 0.124 e. The van der Waals surface area contributed by atoms with E-state index in [4.69, 9.17) is 4.98 Å². The van der Waals surface area contributed by atoms with Gasteiger partial charge in [0.1, 0.15) is 11.6 Å². The zero-order valence-electron chi connectivity index (χ0n) is 17.7. The van der Waals surface area contributed by atoms with E-state index in [0.29, 0.717) is 11.8 Å². The van der Waals surface area contributed by atoms with E-state index in [9.17, 15) is 5.11 Å². The fraction of sp³-hybridized carbons (Fsp3) is 0.480. The van der Waals surface area contributed by atoms with Gasteiger partial charge in [-0.25, -0.2) is 4.98 Å². The Morgan fingerprint density at radius 2 is 1.76 bits per heavy atom. The number of nitrogens with zero attached hydrogens (tertiary/aromatic N) is 3. The second kappa shape index (κ2) is 9.00. The van der Waals surface area contributed by atoms with Crippen molar-refractivity contribution in [1.82, 2.24) is 14.5 Å². The molecule has 3 aromatic rings. The molecular weight excluding hydrogens is 358 g/mol. The maximum atomic E-state index is 9.92. The summed E-state index contributed by atoms with van der Waals surface area (Å²) in [5.74, 6) is 2.44. The predicted octanol–water partition coefficient (Wildman–Crippen LogP) is 5.56. The first-order chi connectivity index (χ1) is 14.1. The largest absolute Gasteiger partial charge is 0.508 e. The summed E-state index contributed by atoms with van der Waals surface area (Å²) < 4.78 is 2.40. The van der Waals surface area contributed by atoms with Crippen molar-refractivity contribution in [2.45, 2.75) is 58.5 Å². The van der Waals surface area contributed by atoms with Crippen LogP contribution in [0.2, 0.25) is 0 Å². The highest BCUT2D eigenvalue weighted by Crippen LogP contribution is 2.27. The van der Waals surface area contributed by atoms with Crippen LogP contribution in [0.4, 0.5) is 0 Å². The van der Waals surface area contributed by atoms with Crippen LogP contribution < -0.4 is 0 Å². The molecule has 4 nitrogen and oxygen atoms in total. The number of para-hydroxylation sites is 3. The normalized spacial score (nSPS) is 16.1. The average molecular weight is 392 g/mol. The van der Waals surface area contributed by atoms with Crippen molar-refractivity contribution in [3.05, 3.63) is 59.9 Å². The van der Waals surface area contributed by atoms with Gasteiger partial charge in [-0.3, -0.25) is 4.90 Å². The quantitative estimate of drug-likeness (QED) is 0.573. The summed E-state index contributed by atoms with van der Waals surface area (Å²) in [6.45, 7) is 7.74. The number of phenols is 1. The number of aryl methyl sites for hydroxylation is 1. The molecule has 154 valence electrons. The molecule has 2 heterocycles. The molecule has 0 unspecified atom stereocenters. The van der Waals surface area contributed by atoms with Crippen LogP contribution in [0.1, 0.15) is 57.0 Å². The van der Waals surface area contributed by atoms with E-state index in [2.05, 4.69) is 47.6 Å². The van der Waals surface area contributed by atoms with Gasteiger partial charge in [0.25, 0.3) is 0 Å². The molecule has 2 aromatic carbocycles. The molecule has 0 spiro atoms. The third-order valence-electron chi connectivity index (χ3n) is 6.31. The molecule has 0 saturated carbocycles. The molecule has 1 aliphatic heterocycles. The lowest BCUT2D eigenvalue weighted by molar-refractivity contribution is 0.165. The van der Waals surface area contributed by atoms with Crippen LogP contribution >= 0.6 is 0 Å². The molecule has 0 radical (unpaired) electrons. The van der Waals surface area contributed by atoms with Crippen molar-refractivity contribution in [1.29, 1.82) is 0 Å². The van der Waals surface area contributed by atoms with Gasteiger partial charge in [-0.05, 0) is 82.3 Å². The summed E-state index contributed by atoms with van der Waals surface area (Å²) in [7, 11) is 0. The number of benzene rings is 2. The van der Waals surface area contributed by atoms with E-state index < -0.39 is 0 Å². The zero-order chi connectivity index (χ0) is 20.2. The van der Waals surface area contributed by atoms with Gasteiger partial charge in [-0.15, -0.1) is 0 Å². The molecule has 0 atom stereocenters. The maximum Gasteiger partial charge on any atom is 0.124 e. The van der Waals surface area contributed by atoms with E-state index in [1.165, 1.54) is 30.6 Å². The number of hydrogen-bond acceptors (Lipinski definition) is 3. The lowest BCUT2D eigenvalue weighted by Crippen LogP contribution is -2.34. The van der Waals surface area contributed by atoms with Crippen LogP contribution in [0.25, 0.3) is 11.0 Å². The van der Waals surface area contributed by atoms with Crippen LogP contribution in [-0.4, -0.2) is 32.6 Å². The topological polar surface area (TPSA) is 41.3 Å². The van der Waals surface area contributed by atoms with Gasteiger partial charge in [0.05, 0.1) is 17.6 Å². The lowest BCUT2D eigenvalue weighted by atomic mass is 9.90. The van der Waals surface area contributed by atoms with Crippen LogP contribution in [0, 0.1) is 5.92 Å². The van der Waals surface area contributed by atoms with E-state index in [1.54, 1.807) is 6.07 Å². The fourth-order valence-corrected chi connectivity index (χ4v) is 4.72. The molecule has 0 aliphatic carbocycles. The Balaban J connectivity index is 1.30. The van der Waals surface area contributed by atoms with Gasteiger partial charge in [0.2, 0.25) is 0 Å². The number of phenolic OH excluding ortho intramolecular Hbond substituents is 1. The van der Waals surface area contributed by atoms with Gasteiger partial charge in [0, 0.05) is 6.04 Å². The second-order valence-electron chi connectivity index (χ2n) is 8.72. The number of likely N-dealkylation sites (tertiary alicyclic amines) is 1. The summed E-state index contributed by atoms with van der Waals surface area (Å²) >= 11 is 0. The van der Waals surface area contributed by atoms with Gasteiger partial charge in [0.15, 0.2) is 0 Å². The molecular formula is C25H33N3O. The van der Waals surface area contributed by atoms with Crippen molar-refractivity contribution in [3.8, 4) is 5.75 Å². The number of rotatable bonds is 7. The van der Waals surface area contributed by atoms with Crippen LogP contribution in [0.3, 0.4) is 0 Å². The van der Waals surface area contributed by atoms with Crippen molar-refractivity contribution < 1.29 is 5.11 Å². The van der Waals surface area contributed by atoms with E-state index in [0.717, 1.165) is 49.5 Å². The van der Waals surface area contributed by atoms with Gasteiger partial charge >= 0.3 is 0 Å². The van der Waals surface area contributed by atoms with E-state index in [1.807, 2.05) is 18.2 Å². The predicted molar refractivity (Wildman–Crippen MR) is 119 cm³/mol. The molecule has 29 heavy (non-hydrogen) atoms. The third-order valence-corrected chi connectivity index (χ3v) is 6.31. The molecule has 0 bridgehead atoms. The Hall–Kier alpha value is -2.33. The number of aromatic hydroxyl groups is 1. The molecule has 1 aromatic heterocycles. The highest BCUT2D eigenvalue weighted by atomic mass is 16.3. The molecule has 4 rings (SSSR count). The summed E-state index contributed by atoms with van der Waals surface area (Å²) in [5, 5.41) is 9.92. The number of imidazole rings is 1. The molecule has 1 saturated heterocycles. The number of fused-ring (bicyclic) bond motifs is 1. The van der Waals surface area contributed by atoms with Crippen LogP contribution in [-0.2, 0) is 13.0 Å². The standard InChI is InChI=1S/C25H33N3O/c1-19(2)28-23-12-5-4-11-22(23)26-25(28)18-27-16-14-20(15-17-27)8-7-10-21-9-3-6-13-24(21)29/h3-6,9,11-13,19-20,29H,7-8,10,14-18H2,1-2H3. The maximum absolute atomic E-state index is 9.92. The molecule has 1 aliphatic rings. The van der Waals surface area contributed by atoms with E-state index >= 15 is 0 Å². The second-order valence-corrected chi connectivity index (χ2v) is 8.72. The Kier molecular flexibility index (Phi) is 6.19. The SMILES string of the molecule is CC(C)n1c(CN2CCC(CCCc3ccccc3O)CC2)nc2ccccc21. The lowest BCUT2D eigenvalue weighted by Gasteiger charge is -2.32. The van der Waals surface area contributed by atoms with Gasteiger partial charge in [-0.2, -0.15) is 0 Å². The summed E-state index contributed by atoms with van der Waals surface area (Å²) in [6.07, 6.45) is 5.93. The highest BCUT2D eigenvalue weighted by Gasteiger charge is 2.22. The third kappa shape index (κ3) is 4.64. The minimum absolute atomic E-state index is 0.421. The summed E-state index contributed by atoms with van der Waals surface area (Å²) in [5.41, 5.74) is 3.43. The monoisotopic (exact) mass is 391 g/mol. The van der Waals surface area contributed by atoms with Crippen molar-refractivity contribution in [3.63, 3.8) is 0 Å². The van der Waals surface area contributed by atoms with Gasteiger partial charge < -0.3 is 9.67 Å². The summed E-state index contributed by atoms with van der Waals surface area (Å²) in [6, 6.07) is 16.6. The average Bonchev–Trinajstić information content (AvgIpc) is 3.09. The minimum Gasteiger partial charge on any atom is -0.508 e. The molecule has 1 N–H and O–H groups in total. The Morgan fingerprint density at radius 1 is 1.03 bits per heavy atom. The molecule has 1 fully saturated rings. The first kappa shape index (κ1) is 20.0. The fourth-order valence-electron chi connectivity index (χ4n) is 4.72. The zero-order valence-corrected chi connectivity index (χ0v) is 17.7. The van der Waals surface area contributed by atoms with Crippen LogP contribution in [0.15, 0.2) is 48.5 Å². The van der Waals surface area contributed by atoms with Crippen molar-refractivity contribution in [2.75, 3.05) is 13.1 Å². The highest BCUT2D eigenvalue weighted by molar-refractivity contribution is 5.76. The Morgan fingerprint density at radius 3 is 2.52 bits per heavy atom. The molecule has 0 amide bonds. The Labute approximate surface area is 174 Å². The number of piperidine rings is 1. The minimum atomic E-state index is 0.421. The van der Waals surface area contributed by atoms with Crippen LogP contribution in [0.5, 0.6) is 5.75 Å². The van der Waals surface area contributed by atoms with Gasteiger partial charge in [-0.1, -0.05) is 36.8 Å².